The molecule has 0 unspecified atom stereocenters. The van der Waals surface area contributed by atoms with Gasteiger partial charge in [0.1, 0.15) is 0 Å². The molecule has 1 aromatic heterocycles. The van der Waals surface area contributed by atoms with Crippen molar-refractivity contribution >= 4 is 17.7 Å². The lowest BCUT2D eigenvalue weighted by atomic mass is 10.3. The van der Waals surface area contributed by atoms with Crippen molar-refractivity contribution in [3.63, 3.8) is 0 Å². The molecule has 0 bridgehead atoms. The van der Waals surface area contributed by atoms with E-state index in [1.165, 1.54) is 24.0 Å². The number of nitrogens with zero attached hydrogens (tertiary/aromatic N) is 1. The van der Waals surface area contributed by atoms with Crippen LogP contribution in [0, 0.1) is 0 Å². The van der Waals surface area contributed by atoms with Gasteiger partial charge in [0.25, 0.3) is 0 Å². The molecule has 0 aliphatic rings. The Morgan fingerprint density at radius 3 is 3.08 bits per heavy atom. The molecule has 0 fully saturated rings. The van der Waals surface area contributed by atoms with Crippen LogP contribution in [0.4, 0.5) is 0 Å². The first-order chi connectivity index (χ1) is 6.24. The van der Waals surface area contributed by atoms with Gasteiger partial charge in [0.15, 0.2) is 0 Å². The SMILES string of the molecule is NCCSc1cc(C(=O)O)ccn1. The van der Waals surface area contributed by atoms with Crippen LogP contribution in [-0.4, -0.2) is 28.4 Å². The van der Waals surface area contributed by atoms with Crippen molar-refractivity contribution < 1.29 is 9.90 Å². The molecule has 0 radical (unpaired) electrons. The van der Waals surface area contributed by atoms with Gasteiger partial charge in [-0.15, -0.1) is 11.8 Å². The maximum absolute atomic E-state index is 10.6. The molecule has 0 atom stereocenters. The Bertz CT molecular complexity index is 304. The van der Waals surface area contributed by atoms with Gasteiger partial charge >= 0.3 is 5.97 Å². The van der Waals surface area contributed by atoms with Crippen LogP contribution in [0.25, 0.3) is 0 Å². The van der Waals surface area contributed by atoms with E-state index in [0.717, 1.165) is 5.75 Å². The fourth-order valence-electron chi connectivity index (χ4n) is 0.785. The van der Waals surface area contributed by atoms with Crippen molar-refractivity contribution in [2.75, 3.05) is 12.3 Å². The number of aromatic nitrogens is 1. The topological polar surface area (TPSA) is 76.2 Å². The summed E-state index contributed by atoms with van der Waals surface area (Å²) in [5.74, 6) is -0.187. The summed E-state index contributed by atoms with van der Waals surface area (Å²) in [6, 6.07) is 3.01. The Morgan fingerprint density at radius 1 is 1.69 bits per heavy atom. The normalized spacial score (nSPS) is 9.92. The van der Waals surface area contributed by atoms with Crippen LogP contribution in [-0.2, 0) is 0 Å². The third-order valence-electron chi connectivity index (χ3n) is 1.35. The number of carboxylic acids is 1. The summed E-state index contributed by atoms with van der Waals surface area (Å²) >= 11 is 1.45. The number of nitrogens with two attached hydrogens (primary N) is 1. The van der Waals surface area contributed by atoms with Gasteiger partial charge in [-0.05, 0) is 12.1 Å². The average Bonchev–Trinajstić information content (AvgIpc) is 2.15. The van der Waals surface area contributed by atoms with E-state index in [4.69, 9.17) is 10.8 Å². The minimum absolute atomic E-state index is 0.259. The van der Waals surface area contributed by atoms with Gasteiger partial charge in [-0.1, -0.05) is 0 Å². The Kier molecular flexibility index (Phi) is 3.72. The number of rotatable bonds is 4. The standard InChI is InChI=1S/C8H10N2O2S/c9-2-4-13-7-5-6(8(11)12)1-3-10-7/h1,3,5H,2,4,9H2,(H,11,12). The molecule has 1 heterocycles. The lowest BCUT2D eigenvalue weighted by Crippen LogP contribution is -2.02. The van der Waals surface area contributed by atoms with E-state index in [9.17, 15) is 4.79 Å². The Labute approximate surface area is 80.2 Å². The summed E-state index contributed by atoms with van der Waals surface area (Å²) in [5.41, 5.74) is 5.57. The zero-order chi connectivity index (χ0) is 9.68. The van der Waals surface area contributed by atoms with Gasteiger partial charge in [0.05, 0.1) is 10.6 Å². The van der Waals surface area contributed by atoms with Crippen LogP contribution in [0.5, 0.6) is 0 Å². The van der Waals surface area contributed by atoms with Crippen molar-refractivity contribution in [3.05, 3.63) is 23.9 Å². The first kappa shape index (κ1) is 10.0. The molecule has 13 heavy (non-hydrogen) atoms. The highest BCUT2D eigenvalue weighted by molar-refractivity contribution is 7.99. The summed E-state index contributed by atoms with van der Waals surface area (Å²) < 4.78 is 0. The lowest BCUT2D eigenvalue weighted by Gasteiger charge is -1.99. The summed E-state index contributed by atoms with van der Waals surface area (Å²) in [7, 11) is 0. The van der Waals surface area contributed by atoms with Crippen molar-refractivity contribution in [1.29, 1.82) is 0 Å². The Hall–Kier alpha value is -1.07. The molecule has 70 valence electrons. The lowest BCUT2D eigenvalue weighted by molar-refractivity contribution is 0.0696. The molecule has 1 aromatic rings. The summed E-state index contributed by atoms with van der Waals surface area (Å²) in [6.45, 7) is 0.559. The number of thioether (sulfide) groups is 1. The fourth-order valence-corrected chi connectivity index (χ4v) is 1.46. The molecule has 3 N–H and O–H groups in total. The van der Waals surface area contributed by atoms with E-state index < -0.39 is 5.97 Å². The van der Waals surface area contributed by atoms with E-state index in [0.29, 0.717) is 11.6 Å². The first-order valence-electron chi connectivity index (χ1n) is 3.76. The molecule has 0 aromatic carbocycles. The smallest absolute Gasteiger partial charge is 0.335 e. The van der Waals surface area contributed by atoms with E-state index in [2.05, 4.69) is 4.98 Å². The van der Waals surface area contributed by atoms with Crippen molar-refractivity contribution in [3.8, 4) is 0 Å². The largest absolute Gasteiger partial charge is 0.478 e. The number of hydrogen-bond donors (Lipinski definition) is 2. The molecule has 0 spiro atoms. The number of hydrogen-bond acceptors (Lipinski definition) is 4. The molecule has 0 saturated heterocycles. The molecule has 0 aliphatic carbocycles. The number of aromatic carboxylic acids is 1. The van der Waals surface area contributed by atoms with Crippen LogP contribution in [0.1, 0.15) is 10.4 Å². The van der Waals surface area contributed by atoms with Gasteiger partial charge in [-0.3, -0.25) is 0 Å². The van der Waals surface area contributed by atoms with Crippen molar-refractivity contribution in [2.45, 2.75) is 5.03 Å². The van der Waals surface area contributed by atoms with Crippen LogP contribution in [0.3, 0.4) is 0 Å². The maximum Gasteiger partial charge on any atom is 0.335 e. The van der Waals surface area contributed by atoms with E-state index >= 15 is 0 Å². The second kappa shape index (κ2) is 4.84. The zero-order valence-corrected chi connectivity index (χ0v) is 7.75. The van der Waals surface area contributed by atoms with Crippen molar-refractivity contribution in [2.24, 2.45) is 5.73 Å². The van der Waals surface area contributed by atoms with Gasteiger partial charge in [-0.2, -0.15) is 0 Å². The number of carboxylic acid groups (broad SMARTS) is 1. The third-order valence-corrected chi connectivity index (χ3v) is 2.31. The van der Waals surface area contributed by atoms with Gasteiger partial charge in [0, 0.05) is 18.5 Å². The highest BCUT2D eigenvalue weighted by Gasteiger charge is 2.03. The average molecular weight is 198 g/mol. The monoisotopic (exact) mass is 198 g/mol. The molecular formula is C8H10N2O2S. The fraction of sp³-hybridized carbons (Fsp3) is 0.250. The predicted octanol–water partition coefficient (Wildman–Crippen LogP) is 0.831. The quantitative estimate of drug-likeness (QED) is 0.701. The molecule has 0 aliphatic heterocycles. The zero-order valence-electron chi connectivity index (χ0n) is 6.93. The van der Waals surface area contributed by atoms with Crippen LogP contribution in [0.15, 0.2) is 23.4 Å². The Balaban J connectivity index is 2.73. The summed E-state index contributed by atoms with van der Waals surface area (Å²) in [5, 5.41) is 9.37. The molecule has 5 heteroatoms. The summed E-state index contributed by atoms with van der Waals surface area (Å²) in [4.78, 5) is 14.6. The van der Waals surface area contributed by atoms with Gasteiger partial charge in [0.2, 0.25) is 0 Å². The van der Waals surface area contributed by atoms with Gasteiger partial charge in [-0.25, -0.2) is 9.78 Å². The molecule has 0 amide bonds. The molecule has 1 rings (SSSR count). The molecule has 0 saturated carbocycles. The van der Waals surface area contributed by atoms with Crippen LogP contribution >= 0.6 is 11.8 Å². The maximum atomic E-state index is 10.6. The second-order valence-electron chi connectivity index (χ2n) is 2.33. The first-order valence-corrected chi connectivity index (χ1v) is 4.75. The highest BCUT2D eigenvalue weighted by Crippen LogP contribution is 2.15. The van der Waals surface area contributed by atoms with E-state index in [1.807, 2.05) is 0 Å². The molecule has 4 nitrogen and oxygen atoms in total. The van der Waals surface area contributed by atoms with Gasteiger partial charge < -0.3 is 10.8 Å². The van der Waals surface area contributed by atoms with E-state index in [1.54, 1.807) is 6.07 Å². The van der Waals surface area contributed by atoms with Crippen LogP contribution < -0.4 is 5.73 Å². The Morgan fingerprint density at radius 2 is 2.46 bits per heavy atom. The predicted molar refractivity (Wildman–Crippen MR) is 51.0 cm³/mol. The minimum atomic E-state index is -0.933. The highest BCUT2D eigenvalue weighted by atomic mass is 32.2. The second-order valence-corrected chi connectivity index (χ2v) is 3.44. The van der Waals surface area contributed by atoms with Crippen molar-refractivity contribution in [1.82, 2.24) is 4.98 Å². The van der Waals surface area contributed by atoms with E-state index in [-0.39, 0.29) is 5.56 Å². The molecular weight excluding hydrogens is 188 g/mol. The minimum Gasteiger partial charge on any atom is -0.478 e. The third kappa shape index (κ3) is 3.04. The number of carbonyl (C=O) groups is 1. The van der Waals surface area contributed by atoms with Crippen LogP contribution in [0.2, 0.25) is 0 Å². The summed E-state index contributed by atoms with van der Waals surface area (Å²) in [6.07, 6.45) is 1.49. The number of pyridine rings is 1.